The second-order valence-electron chi connectivity index (χ2n) is 8.01. The van der Waals surface area contributed by atoms with E-state index < -0.39 is 5.97 Å². The van der Waals surface area contributed by atoms with Gasteiger partial charge < -0.3 is 14.2 Å². The zero-order chi connectivity index (χ0) is 22.9. The Labute approximate surface area is 191 Å². The van der Waals surface area contributed by atoms with Gasteiger partial charge in [0.25, 0.3) is 0 Å². The minimum absolute atomic E-state index is 0.163. The van der Waals surface area contributed by atoms with Gasteiger partial charge in [-0.3, -0.25) is 14.7 Å². The van der Waals surface area contributed by atoms with E-state index in [4.69, 9.17) is 14.2 Å². The molecule has 0 amide bonds. The van der Waals surface area contributed by atoms with Crippen molar-refractivity contribution in [2.24, 2.45) is 0 Å². The Morgan fingerprint density at radius 2 is 2.03 bits per heavy atom. The molecule has 0 aliphatic carbocycles. The number of ketones is 1. The van der Waals surface area contributed by atoms with E-state index in [1.807, 2.05) is 31.2 Å². The number of fused-ring (bicyclic) bond motifs is 3. The van der Waals surface area contributed by atoms with Crippen molar-refractivity contribution in [1.82, 2.24) is 9.88 Å². The van der Waals surface area contributed by atoms with Crippen molar-refractivity contribution in [3.05, 3.63) is 94.0 Å². The summed E-state index contributed by atoms with van der Waals surface area (Å²) in [7, 11) is 1.34. The summed E-state index contributed by atoms with van der Waals surface area (Å²) >= 11 is 0. The van der Waals surface area contributed by atoms with Crippen molar-refractivity contribution < 1.29 is 23.8 Å². The Hall–Kier alpha value is -3.97. The quantitative estimate of drug-likeness (QED) is 0.444. The van der Waals surface area contributed by atoms with E-state index in [1.54, 1.807) is 36.5 Å². The van der Waals surface area contributed by atoms with Gasteiger partial charge in [0.2, 0.25) is 5.78 Å². The smallest absolute Gasteiger partial charge is 0.337 e. The van der Waals surface area contributed by atoms with Crippen molar-refractivity contribution in [1.29, 1.82) is 0 Å². The Balaban J connectivity index is 1.43. The molecule has 2 aliphatic heterocycles. The molecule has 0 bridgehead atoms. The summed E-state index contributed by atoms with van der Waals surface area (Å²) in [5.41, 5.74) is 4.37. The lowest BCUT2D eigenvalue weighted by molar-refractivity contribution is 0.0600. The summed E-state index contributed by atoms with van der Waals surface area (Å²) in [6.45, 7) is 3.54. The lowest BCUT2D eigenvalue weighted by Crippen LogP contribution is -2.32. The van der Waals surface area contributed by atoms with Crippen molar-refractivity contribution in [2.75, 3.05) is 13.8 Å². The number of Topliss-reactive ketones (excluding diaryl/α,β-unsaturated/α-hetero) is 1. The van der Waals surface area contributed by atoms with Gasteiger partial charge in [0.05, 0.1) is 29.5 Å². The lowest BCUT2D eigenvalue weighted by Gasteiger charge is -2.29. The first-order valence-corrected chi connectivity index (χ1v) is 10.6. The number of carbonyl (C=O) groups is 2. The van der Waals surface area contributed by atoms with Gasteiger partial charge in [-0.15, -0.1) is 0 Å². The fraction of sp³-hybridized carbons (Fsp3) is 0.192. The van der Waals surface area contributed by atoms with Crippen LogP contribution in [0.3, 0.4) is 0 Å². The molecule has 3 aromatic rings. The second kappa shape index (κ2) is 8.52. The van der Waals surface area contributed by atoms with Crippen molar-refractivity contribution in [2.45, 2.75) is 20.0 Å². The number of benzene rings is 2. The van der Waals surface area contributed by atoms with Gasteiger partial charge in [0.1, 0.15) is 18.2 Å². The summed E-state index contributed by atoms with van der Waals surface area (Å²) < 4.78 is 16.8. The predicted molar refractivity (Wildman–Crippen MR) is 121 cm³/mol. The Morgan fingerprint density at radius 3 is 2.76 bits per heavy atom. The summed E-state index contributed by atoms with van der Waals surface area (Å²) in [4.78, 5) is 31.3. The van der Waals surface area contributed by atoms with Gasteiger partial charge in [-0.25, -0.2) is 4.79 Å². The standard InChI is InChI=1S/C26H22N2O5/c1-16-11-21-20(14-28(15-32-21)13-19-5-3-4-10-27-19)25-23(16)24(29)22(33-25)12-17-6-8-18(9-7-17)26(30)31-2/h3-12H,13-15H2,1-2H3/b22-12-. The van der Waals surface area contributed by atoms with Crippen LogP contribution < -0.4 is 9.47 Å². The first kappa shape index (κ1) is 20.9. The molecule has 7 nitrogen and oxygen atoms in total. The van der Waals surface area contributed by atoms with Gasteiger partial charge >= 0.3 is 5.97 Å². The van der Waals surface area contributed by atoms with Crippen LogP contribution in [-0.2, 0) is 17.8 Å². The maximum absolute atomic E-state index is 13.2. The number of allylic oxidation sites excluding steroid dienone is 1. The molecule has 0 fully saturated rings. The molecule has 0 unspecified atom stereocenters. The molecule has 0 saturated heterocycles. The topological polar surface area (TPSA) is 78.0 Å². The minimum Gasteiger partial charge on any atom is -0.478 e. The van der Waals surface area contributed by atoms with Crippen LogP contribution >= 0.6 is 0 Å². The number of hydrogen-bond acceptors (Lipinski definition) is 7. The highest BCUT2D eigenvalue weighted by molar-refractivity contribution is 6.16. The molecule has 0 atom stereocenters. The maximum atomic E-state index is 13.2. The average molecular weight is 442 g/mol. The number of ether oxygens (including phenoxy) is 3. The average Bonchev–Trinajstić information content (AvgIpc) is 3.17. The van der Waals surface area contributed by atoms with Crippen LogP contribution in [-0.4, -0.2) is 35.5 Å². The molecule has 33 heavy (non-hydrogen) atoms. The zero-order valence-corrected chi connectivity index (χ0v) is 18.3. The Bertz CT molecular complexity index is 1270. The first-order valence-electron chi connectivity index (χ1n) is 10.6. The van der Waals surface area contributed by atoms with Crippen LogP contribution in [0.25, 0.3) is 6.08 Å². The third-order valence-electron chi connectivity index (χ3n) is 5.73. The molecule has 5 rings (SSSR count). The third-order valence-corrected chi connectivity index (χ3v) is 5.73. The van der Waals surface area contributed by atoms with E-state index in [2.05, 4.69) is 9.88 Å². The first-order chi connectivity index (χ1) is 16.0. The number of nitrogens with zero attached hydrogens (tertiary/aromatic N) is 2. The van der Waals surface area contributed by atoms with Crippen LogP contribution in [0.1, 0.15) is 43.1 Å². The molecule has 166 valence electrons. The number of carbonyl (C=O) groups excluding carboxylic acids is 2. The highest BCUT2D eigenvalue weighted by atomic mass is 16.5. The number of esters is 1. The van der Waals surface area contributed by atoms with Crippen LogP contribution in [0, 0.1) is 6.92 Å². The summed E-state index contributed by atoms with van der Waals surface area (Å²) in [6, 6.07) is 14.5. The molecule has 0 spiro atoms. The Morgan fingerprint density at radius 1 is 1.21 bits per heavy atom. The summed E-state index contributed by atoms with van der Waals surface area (Å²) in [6.07, 6.45) is 3.45. The van der Waals surface area contributed by atoms with Crippen LogP contribution in [0.2, 0.25) is 0 Å². The zero-order valence-electron chi connectivity index (χ0n) is 18.3. The van der Waals surface area contributed by atoms with E-state index >= 15 is 0 Å². The fourth-order valence-corrected chi connectivity index (χ4v) is 4.08. The van der Waals surface area contributed by atoms with E-state index in [0.717, 1.165) is 28.1 Å². The number of pyridine rings is 1. The highest BCUT2D eigenvalue weighted by Gasteiger charge is 2.35. The van der Waals surface area contributed by atoms with E-state index in [0.29, 0.717) is 36.7 Å². The van der Waals surface area contributed by atoms with Crippen LogP contribution in [0.15, 0.2) is 60.5 Å². The molecular formula is C26H22N2O5. The molecule has 7 heteroatoms. The molecule has 0 N–H and O–H groups in total. The number of methoxy groups -OCH3 is 1. The van der Waals surface area contributed by atoms with Crippen LogP contribution in [0.4, 0.5) is 0 Å². The Kier molecular flexibility index (Phi) is 5.40. The SMILES string of the molecule is COC(=O)c1ccc(/C=C2\Oc3c4c(cc(C)c3C2=O)OCN(Cc2ccccn2)C4)cc1. The summed E-state index contributed by atoms with van der Waals surface area (Å²) in [5, 5.41) is 0. The van der Waals surface area contributed by atoms with E-state index in [1.165, 1.54) is 7.11 Å². The van der Waals surface area contributed by atoms with Crippen molar-refractivity contribution in [3.63, 3.8) is 0 Å². The fourth-order valence-electron chi connectivity index (χ4n) is 4.08. The minimum atomic E-state index is -0.410. The van der Waals surface area contributed by atoms with E-state index in [9.17, 15) is 9.59 Å². The molecular weight excluding hydrogens is 420 g/mol. The number of aryl methyl sites for hydroxylation is 1. The lowest BCUT2D eigenvalue weighted by atomic mass is 9.98. The highest BCUT2D eigenvalue weighted by Crippen LogP contribution is 2.44. The normalized spacial score (nSPS) is 16.1. The largest absolute Gasteiger partial charge is 0.478 e. The molecule has 2 aromatic carbocycles. The number of rotatable bonds is 4. The molecule has 0 radical (unpaired) electrons. The number of hydrogen-bond donors (Lipinski definition) is 0. The van der Waals surface area contributed by atoms with Gasteiger partial charge in [-0.2, -0.15) is 0 Å². The summed E-state index contributed by atoms with van der Waals surface area (Å²) in [5.74, 6) is 0.962. The third kappa shape index (κ3) is 3.99. The molecule has 2 aliphatic rings. The van der Waals surface area contributed by atoms with Crippen LogP contribution in [0.5, 0.6) is 11.5 Å². The van der Waals surface area contributed by atoms with Gasteiger partial charge in [0.15, 0.2) is 5.76 Å². The van der Waals surface area contributed by atoms with Crippen molar-refractivity contribution >= 4 is 17.8 Å². The van der Waals surface area contributed by atoms with Gasteiger partial charge in [-0.1, -0.05) is 18.2 Å². The second-order valence-corrected chi connectivity index (χ2v) is 8.01. The van der Waals surface area contributed by atoms with E-state index in [-0.39, 0.29) is 11.5 Å². The maximum Gasteiger partial charge on any atom is 0.337 e. The monoisotopic (exact) mass is 442 g/mol. The van der Waals surface area contributed by atoms with Gasteiger partial charge in [-0.05, 0) is 54.5 Å². The van der Waals surface area contributed by atoms with Gasteiger partial charge in [0, 0.05) is 19.3 Å². The van der Waals surface area contributed by atoms with Crippen molar-refractivity contribution in [3.8, 4) is 11.5 Å². The number of aromatic nitrogens is 1. The molecule has 3 heterocycles. The molecule has 0 saturated carbocycles. The predicted octanol–water partition coefficient (Wildman–Crippen LogP) is 4.14. The molecule has 1 aromatic heterocycles.